The van der Waals surface area contributed by atoms with Gasteiger partial charge in [-0.25, -0.2) is 9.97 Å². The summed E-state index contributed by atoms with van der Waals surface area (Å²) in [7, 11) is 4.06. The molecule has 0 atom stereocenters. The van der Waals surface area contributed by atoms with Crippen LogP contribution >= 0.6 is 0 Å². The first-order valence-corrected chi connectivity index (χ1v) is 6.59. The number of rotatable bonds is 1. The summed E-state index contributed by atoms with van der Waals surface area (Å²) in [4.78, 5) is 9.44. The van der Waals surface area contributed by atoms with Gasteiger partial charge in [0, 0.05) is 0 Å². The van der Waals surface area contributed by atoms with E-state index in [2.05, 4.69) is 21.1 Å². The molecule has 2 aromatic carbocycles. The molecular formula is C14H12B2N4. The van der Waals surface area contributed by atoms with Gasteiger partial charge in [0.05, 0.1) is 22.1 Å². The van der Waals surface area contributed by atoms with E-state index in [1.165, 1.54) is 0 Å². The van der Waals surface area contributed by atoms with Crippen LogP contribution in [0.3, 0.4) is 0 Å². The van der Waals surface area contributed by atoms with Crippen molar-refractivity contribution in [2.75, 3.05) is 0 Å². The average Bonchev–Trinajstić information content (AvgIpc) is 2.98. The Morgan fingerprint density at radius 3 is 1.45 bits per heavy atom. The van der Waals surface area contributed by atoms with Crippen LogP contribution in [0.4, 0.5) is 0 Å². The second-order valence-corrected chi connectivity index (χ2v) is 4.97. The van der Waals surface area contributed by atoms with Crippen molar-refractivity contribution < 1.29 is 0 Å². The van der Waals surface area contributed by atoms with E-state index in [1.54, 1.807) is 0 Å². The number of para-hydroxylation sites is 4. The highest BCUT2D eigenvalue weighted by Crippen LogP contribution is 2.25. The summed E-state index contributed by atoms with van der Waals surface area (Å²) in [6.45, 7) is 0. The molecule has 6 heteroatoms. The first-order chi connectivity index (χ1) is 9.75. The van der Waals surface area contributed by atoms with Gasteiger partial charge in [0.15, 0.2) is 11.6 Å². The van der Waals surface area contributed by atoms with Crippen LogP contribution in [0.15, 0.2) is 48.5 Å². The molecule has 0 unspecified atom stereocenters. The summed E-state index contributed by atoms with van der Waals surface area (Å²) in [6, 6.07) is 16.3. The molecule has 4 aromatic rings. The topological polar surface area (TPSA) is 35.6 Å². The van der Waals surface area contributed by atoms with Gasteiger partial charge in [0.2, 0.25) is 16.0 Å². The first-order valence-electron chi connectivity index (χ1n) is 6.59. The molecule has 4 rings (SSSR count). The van der Waals surface area contributed by atoms with E-state index >= 15 is 0 Å². The Morgan fingerprint density at radius 2 is 1.05 bits per heavy atom. The second-order valence-electron chi connectivity index (χ2n) is 4.97. The molecule has 0 bridgehead atoms. The maximum Gasteiger partial charge on any atom is 0.225 e. The molecule has 0 fully saturated rings. The SMILES string of the molecule is Bn1c(-c2nc3ccccc3n2B)nc2ccccc21. The quantitative estimate of drug-likeness (QED) is 0.474. The van der Waals surface area contributed by atoms with E-state index in [4.69, 9.17) is 9.97 Å². The third-order valence-electron chi connectivity index (χ3n) is 3.77. The van der Waals surface area contributed by atoms with Crippen LogP contribution in [-0.4, -0.2) is 34.9 Å². The number of nitrogens with zero attached hydrogens (tertiary/aromatic N) is 4. The van der Waals surface area contributed by atoms with E-state index in [1.807, 2.05) is 52.4 Å². The minimum absolute atomic E-state index is 0.893. The minimum atomic E-state index is 0.893. The maximum absolute atomic E-state index is 4.72. The molecule has 0 saturated heterocycles. The molecule has 20 heavy (non-hydrogen) atoms. The fourth-order valence-corrected chi connectivity index (χ4v) is 2.69. The average molecular weight is 258 g/mol. The number of hydrogen-bond donors (Lipinski definition) is 0. The lowest BCUT2D eigenvalue weighted by atomic mass is 10.2. The first kappa shape index (κ1) is 11.3. The molecule has 0 amide bonds. The number of hydrogen-bond acceptors (Lipinski definition) is 2. The van der Waals surface area contributed by atoms with Crippen molar-refractivity contribution in [3.63, 3.8) is 0 Å². The number of fused-ring (bicyclic) bond motifs is 2. The minimum Gasteiger partial charge on any atom is -0.374 e. The monoisotopic (exact) mass is 258 g/mol. The van der Waals surface area contributed by atoms with Crippen LogP contribution in [0.2, 0.25) is 0 Å². The van der Waals surface area contributed by atoms with Crippen LogP contribution < -0.4 is 0 Å². The summed E-state index contributed by atoms with van der Waals surface area (Å²) in [5, 5.41) is 0. The Kier molecular flexibility index (Phi) is 2.27. The summed E-state index contributed by atoms with van der Waals surface area (Å²) in [5.41, 5.74) is 4.23. The molecule has 0 N–H and O–H groups in total. The molecule has 2 aromatic heterocycles. The van der Waals surface area contributed by atoms with Gasteiger partial charge in [-0.1, -0.05) is 24.3 Å². The number of imidazole rings is 2. The smallest absolute Gasteiger partial charge is 0.225 e. The van der Waals surface area contributed by atoms with E-state index in [0.717, 1.165) is 33.7 Å². The van der Waals surface area contributed by atoms with Gasteiger partial charge in [0.1, 0.15) is 0 Å². The highest BCUT2D eigenvalue weighted by atomic mass is 15.1. The third kappa shape index (κ3) is 1.45. The van der Waals surface area contributed by atoms with Gasteiger partial charge in [-0.3, -0.25) is 0 Å². The van der Waals surface area contributed by atoms with Gasteiger partial charge in [-0.05, 0) is 24.3 Å². The zero-order valence-corrected chi connectivity index (χ0v) is 11.4. The van der Waals surface area contributed by atoms with Crippen molar-refractivity contribution in [2.24, 2.45) is 0 Å². The maximum atomic E-state index is 4.72. The van der Waals surface area contributed by atoms with E-state index < -0.39 is 0 Å². The summed E-state index contributed by atoms with van der Waals surface area (Å²) in [6.07, 6.45) is 0. The second kappa shape index (κ2) is 4.00. The van der Waals surface area contributed by atoms with Crippen LogP contribution in [-0.2, 0) is 0 Å². The Bertz CT molecular complexity index is 861. The molecule has 0 radical (unpaired) electrons. The lowest BCUT2D eigenvalue weighted by Gasteiger charge is -2.03. The number of benzene rings is 2. The summed E-state index contributed by atoms with van der Waals surface area (Å²) >= 11 is 0. The van der Waals surface area contributed by atoms with Gasteiger partial charge in [-0.2, -0.15) is 0 Å². The zero-order chi connectivity index (χ0) is 13.7. The molecule has 2 heterocycles. The highest BCUT2D eigenvalue weighted by molar-refractivity contribution is 6.16. The zero-order valence-electron chi connectivity index (χ0n) is 11.4. The lowest BCUT2D eigenvalue weighted by Crippen LogP contribution is -2.02. The fourth-order valence-electron chi connectivity index (χ4n) is 2.69. The van der Waals surface area contributed by atoms with Crippen LogP contribution in [0.5, 0.6) is 0 Å². The van der Waals surface area contributed by atoms with E-state index in [-0.39, 0.29) is 0 Å². The highest BCUT2D eigenvalue weighted by Gasteiger charge is 2.15. The van der Waals surface area contributed by atoms with Gasteiger partial charge in [0.25, 0.3) is 0 Å². The Labute approximate surface area is 117 Å². The van der Waals surface area contributed by atoms with Crippen molar-refractivity contribution in [2.45, 2.75) is 0 Å². The molecule has 0 spiro atoms. The molecule has 0 saturated carbocycles. The summed E-state index contributed by atoms with van der Waals surface area (Å²) < 4.78 is 4.19. The summed E-state index contributed by atoms with van der Waals surface area (Å²) in [5.74, 6) is 1.79. The Hall–Kier alpha value is -2.49. The van der Waals surface area contributed by atoms with Crippen LogP contribution in [0, 0.1) is 0 Å². The van der Waals surface area contributed by atoms with Gasteiger partial charge in [-0.15, -0.1) is 0 Å². The predicted molar refractivity (Wildman–Crippen MR) is 86.3 cm³/mol. The molecule has 0 aliphatic carbocycles. The number of aromatic nitrogens is 4. The molecule has 94 valence electrons. The largest absolute Gasteiger partial charge is 0.374 e. The van der Waals surface area contributed by atoms with E-state index in [9.17, 15) is 0 Å². The normalized spacial score (nSPS) is 11.4. The molecule has 0 aliphatic rings. The van der Waals surface area contributed by atoms with Crippen molar-refractivity contribution in [1.29, 1.82) is 0 Å². The van der Waals surface area contributed by atoms with Crippen molar-refractivity contribution in [3.8, 4) is 11.6 Å². The van der Waals surface area contributed by atoms with Crippen molar-refractivity contribution in [1.82, 2.24) is 18.9 Å². The Morgan fingerprint density at radius 1 is 0.650 bits per heavy atom. The molecular weight excluding hydrogens is 246 g/mol. The Balaban J connectivity index is 2.06. The van der Waals surface area contributed by atoms with Gasteiger partial charge < -0.3 is 8.96 Å². The van der Waals surface area contributed by atoms with Gasteiger partial charge >= 0.3 is 0 Å². The van der Waals surface area contributed by atoms with Crippen LogP contribution in [0.1, 0.15) is 0 Å². The predicted octanol–water partition coefficient (Wildman–Crippen LogP) is 0.845. The third-order valence-corrected chi connectivity index (χ3v) is 3.77. The molecule has 0 aliphatic heterocycles. The lowest BCUT2D eigenvalue weighted by molar-refractivity contribution is 1.14. The van der Waals surface area contributed by atoms with Crippen molar-refractivity contribution >= 4 is 38.0 Å². The van der Waals surface area contributed by atoms with E-state index in [0.29, 0.717) is 0 Å². The standard InChI is InChI=1S/C14H12B2N4/c15-19-11-7-3-1-5-9(11)17-13(19)14-18-10-6-2-4-8-12(10)20(14)16/h1-8H,15-16H2. The fraction of sp³-hybridized carbons (Fsp3) is 0. The molecule has 4 nitrogen and oxygen atoms in total. The van der Waals surface area contributed by atoms with Crippen molar-refractivity contribution in [3.05, 3.63) is 48.5 Å². The van der Waals surface area contributed by atoms with Crippen LogP contribution in [0.25, 0.3) is 33.7 Å².